The zero-order chi connectivity index (χ0) is 37.6. The van der Waals surface area contributed by atoms with E-state index in [9.17, 15) is 19.5 Å². The maximum Gasteiger partial charge on any atom is 0.309 e. The molecule has 0 aromatic heterocycles. The molecular weight excluding hydrogens is 680 g/mol. The second-order valence-electron chi connectivity index (χ2n) is 15.0. The van der Waals surface area contributed by atoms with Crippen molar-refractivity contribution in [3.63, 3.8) is 0 Å². The van der Waals surface area contributed by atoms with Crippen LogP contribution in [0.4, 0.5) is 0 Å². The van der Waals surface area contributed by atoms with Gasteiger partial charge in [0, 0.05) is 34.8 Å². The van der Waals surface area contributed by atoms with Gasteiger partial charge in [0.1, 0.15) is 11.5 Å². The molecule has 3 aliphatic rings. The zero-order valence-electron chi connectivity index (χ0n) is 31.4. The Labute approximate surface area is 319 Å². The molecule has 4 aromatic carbocycles. The molecule has 0 amide bonds. The number of hydrogen-bond acceptors (Lipinski definition) is 5. The lowest BCUT2D eigenvalue weighted by molar-refractivity contribution is -0.153. The number of aryl methyl sites for hydroxylation is 3. The number of benzene rings is 4. The van der Waals surface area contributed by atoms with Gasteiger partial charge in [-0.1, -0.05) is 116 Å². The molecule has 0 heterocycles. The van der Waals surface area contributed by atoms with E-state index in [4.69, 9.17) is 16.3 Å². The van der Waals surface area contributed by atoms with Gasteiger partial charge in [0.15, 0.2) is 5.78 Å². The van der Waals surface area contributed by atoms with Crippen molar-refractivity contribution >= 4 is 34.7 Å². The average molecular weight is 731 g/mol. The maximum atomic E-state index is 13.1. The number of rotatable bonds is 8. The number of ether oxygens (including phenoxy) is 1. The van der Waals surface area contributed by atoms with Crippen LogP contribution < -0.4 is 0 Å². The maximum absolute atomic E-state index is 13.1. The number of carbonyl (C=O) groups excluding carboxylic acids is 3. The molecule has 4 unspecified atom stereocenters. The van der Waals surface area contributed by atoms with E-state index in [1.807, 2.05) is 74.5 Å². The van der Waals surface area contributed by atoms with E-state index >= 15 is 0 Å². The molecule has 3 aliphatic carbocycles. The molecule has 6 heteroatoms. The summed E-state index contributed by atoms with van der Waals surface area (Å²) in [6, 6.07) is 28.6. The number of ketones is 2. The van der Waals surface area contributed by atoms with E-state index in [2.05, 4.69) is 38.1 Å². The highest BCUT2D eigenvalue weighted by atomic mass is 35.5. The molecule has 0 saturated heterocycles. The van der Waals surface area contributed by atoms with Gasteiger partial charge in [-0.15, -0.1) is 0 Å². The van der Waals surface area contributed by atoms with Crippen LogP contribution in [-0.2, 0) is 25.5 Å². The molecule has 4 atom stereocenters. The minimum atomic E-state index is -0.273. The fourth-order valence-corrected chi connectivity index (χ4v) is 9.16. The second-order valence-corrected chi connectivity index (χ2v) is 15.4. The van der Waals surface area contributed by atoms with E-state index < -0.39 is 0 Å². The predicted octanol–water partition coefficient (Wildman–Crippen LogP) is 11.4. The summed E-state index contributed by atoms with van der Waals surface area (Å²) in [5.41, 5.74) is 9.93. The third-order valence-electron chi connectivity index (χ3n) is 11.5. The highest BCUT2D eigenvalue weighted by molar-refractivity contribution is 6.36. The highest BCUT2D eigenvalue weighted by Gasteiger charge is 2.44. The lowest BCUT2D eigenvalue weighted by atomic mass is 9.75. The number of Topliss-reactive ketones (excluding diaryl/α,β-unsaturated/α-hetero) is 2. The molecule has 0 bridgehead atoms. The first kappa shape index (κ1) is 38.3. The average Bonchev–Trinajstić information content (AvgIpc) is 3.42. The van der Waals surface area contributed by atoms with Gasteiger partial charge < -0.3 is 9.84 Å². The number of esters is 1. The van der Waals surface area contributed by atoms with Crippen LogP contribution in [-0.4, -0.2) is 29.2 Å². The number of allylic oxidation sites excluding steroid dienone is 2. The number of carbonyl (C=O) groups is 3. The van der Waals surface area contributed by atoms with Crippen LogP contribution in [0.25, 0.3) is 27.8 Å². The van der Waals surface area contributed by atoms with Crippen LogP contribution in [0.3, 0.4) is 0 Å². The quantitative estimate of drug-likeness (QED) is 0.183. The standard InChI is InChI=1S/C25H30O3.C22H21ClO2/c1-4-28-25(27)22-13-9-8-12-21(22)24(26)16-23-17(2)14-20(15-18(23)3)19-10-6-5-7-11-19;1-13-11-15(14-7-3-2-4-8-14)12-18(23)19(13)20-21(24)16-9-5-6-10-17(16)22(20)25/h5-7,10-11,14-15,21-22H,4,8-9,12-13,16H2,1-3H3;2-4,7-8,11-12,16-17,24H,5-6,9-10H2,1H3. The molecule has 2 saturated carbocycles. The SMILES string of the molecule is CCOC(=O)C1CCCCC1C(=O)Cc1c(C)cc(-c2ccccc2)cc1C.Cc1cc(-c2ccccc2)cc(Cl)c1C1=C(O)C2CCCCC2C1=O. The number of fused-ring (bicyclic) bond motifs is 1. The smallest absolute Gasteiger partial charge is 0.309 e. The van der Waals surface area contributed by atoms with E-state index in [1.165, 1.54) is 11.1 Å². The third-order valence-corrected chi connectivity index (χ3v) is 11.8. The van der Waals surface area contributed by atoms with Crippen molar-refractivity contribution in [2.45, 2.75) is 85.5 Å². The van der Waals surface area contributed by atoms with Gasteiger partial charge in [-0.3, -0.25) is 14.4 Å². The molecule has 1 N–H and O–H groups in total. The number of hydrogen-bond donors (Lipinski definition) is 1. The Balaban J connectivity index is 0.000000182. The summed E-state index contributed by atoms with van der Waals surface area (Å²) in [6.07, 6.45) is 7.86. The van der Waals surface area contributed by atoms with Gasteiger partial charge in [-0.05, 0) is 104 Å². The Morgan fingerprint density at radius 1 is 0.698 bits per heavy atom. The number of halogens is 1. The fourth-order valence-electron chi connectivity index (χ4n) is 8.80. The first-order valence-corrected chi connectivity index (χ1v) is 19.6. The zero-order valence-corrected chi connectivity index (χ0v) is 32.2. The lowest BCUT2D eigenvalue weighted by Crippen LogP contribution is -2.35. The van der Waals surface area contributed by atoms with Crippen molar-refractivity contribution < 1.29 is 24.2 Å². The van der Waals surface area contributed by atoms with Crippen molar-refractivity contribution in [2.24, 2.45) is 23.7 Å². The normalized spacial score (nSPS) is 21.0. The minimum absolute atomic E-state index is 0.0134. The molecule has 0 aliphatic heterocycles. The summed E-state index contributed by atoms with van der Waals surface area (Å²) in [7, 11) is 0. The monoisotopic (exact) mass is 730 g/mol. The van der Waals surface area contributed by atoms with Crippen LogP contribution in [0.1, 0.15) is 86.1 Å². The van der Waals surface area contributed by atoms with E-state index in [-0.39, 0.29) is 47.0 Å². The van der Waals surface area contributed by atoms with Crippen molar-refractivity contribution in [3.8, 4) is 22.3 Å². The molecule has 0 spiro atoms. The van der Waals surface area contributed by atoms with Gasteiger partial charge >= 0.3 is 5.97 Å². The number of aliphatic hydroxyl groups excluding tert-OH is 1. The summed E-state index contributed by atoms with van der Waals surface area (Å²) in [5.74, 6) is -0.254. The van der Waals surface area contributed by atoms with Gasteiger partial charge in [0.05, 0.1) is 18.1 Å². The summed E-state index contributed by atoms with van der Waals surface area (Å²) >= 11 is 6.60. The predicted molar refractivity (Wildman–Crippen MR) is 214 cm³/mol. The van der Waals surface area contributed by atoms with Gasteiger partial charge in [0.2, 0.25) is 0 Å². The second kappa shape index (κ2) is 17.1. The van der Waals surface area contributed by atoms with Gasteiger partial charge in [-0.25, -0.2) is 0 Å². The minimum Gasteiger partial charge on any atom is -0.511 e. The molecule has 276 valence electrons. The van der Waals surface area contributed by atoms with Crippen molar-refractivity contribution in [2.75, 3.05) is 6.61 Å². The Kier molecular flexibility index (Phi) is 12.4. The van der Waals surface area contributed by atoms with E-state index in [0.717, 1.165) is 84.7 Å². The topological polar surface area (TPSA) is 80.7 Å². The molecule has 53 heavy (non-hydrogen) atoms. The van der Waals surface area contributed by atoms with Crippen molar-refractivity contribution in [1.29, 1.82) is 0 Å². The molecule has 2 fully saturated rings. The third kappa shape index (κ3) is 8.36. The van der Waals surface area contributed by atoms with Gasteiger partial charge in [-0.2, -0.15) is 0 Å². The molecular formula is C47H51ClO5. The molecule has 4 aromatic rings. The molecule has 5 nitrogen and oxygen atoms in total. The summed E-state index contributed by atoms with van der Waals surface area (Å²) in [5, 5.41) is 11.3. The Bertz CT molecular complexity index is 1950. The first-order chi connectivity index (χ1) is 25.6. The first-order valence-electron chi connectivity index (χ1n) is 19.3. The van der Waals surface area contributed by atoms with E-state index in [1.54, 1.807) is 0 Å². The molecule has 0 radical (unpaired) electrons. The Morgan fingerprint density at radius 3 is 1.75 bits per heavy atom. The Hall–Kier alpha value is -4.48. The summed E-state index contributed by atoms with van der Waals surface area (Å²) in [4.78, 5) is 38.4. The van der Waals surface area contributed by atoms with Gasteiger partial charge in [0.25, 0.3) is 0 Å². The van der Waals surface area contributed by atoms with Crippen molar-refractivity contribution in [1.82, 2.24) is 0 Å². The van der Waals surface area contributed by atoms with E-state index in [0.29, 0.717) is 29.2 Å². The fraction of sp³-hybridized carbons (Fsp3) is 0.383. The summed E-state index contributed by atoms with van der Waals surface area (Å²) in [6.45, 7) is 8.30. The van der Waals surface area contributed by atoms with Crippen LogP contribution in [0.2, 0.25) is 5.02 Å². The Morgan fingerprint density at radius 2 is 1.21 bits per heavy atom. The van der Waals surface area contributed by atoms with Crippen LogP contribution in [0.15, 0.2) is 90.7 Å². The lowest BCUT2D eigenvalue weighted by Gasteiger charge is -2.29. The van der Waals surface area contributed by atoms with Crippen LogP contribution in [0, 0.1) is 44.4 Å². The van der Waals surface area contributed by atoms with Crippen LogP contribution >= 0.6 is 11.6 Å². The van der Waals surface area contributed by atoms with Crippen molar-refractivity contribution in [3.05, 3.63) is 124 Å². The highest BCUT2D eigenvalue weighted by Crippen LogP contribution is 2.48. The number of aliphatic hydroxyl groups is 1. The van der Waals surface area contributed by atoms with Crippen LogP contribution in [0.5, 0.6) is 0 Å². The molecule has 7 rings (SSSR count). The summed E-state index contributed by atoms with van der Waals surface area (Å²) < 4.78 is 5.23. The largest absolute Gasteiger partial charge is 0.511 e.